The molecule has 2 heterocycles. The molecule has 0 aliphatic carbocycles. The van der Waals surface area contributed by atoms with E-state index >= 15 is 0 Å². The number of carbonyl (C=O) groups excluding carboxylic acids is 1. The number of carbonyl (C=O) groups is 1. The highest BCUT2D eigenvalue weighted by Gasteiger charge is 2.20. The molecular weight excluding hydrogens is 156 g/mol. The molecule has 0 saturated carbocycles. The van der Waals surface area contributed by atoms with Gasteiger partial charge in [-0.15, -0.1) is 0 Å². The second-order valence-corrected chi connectivity index (χ2v) is 2.57. The average Bonchev–Trinajstić information content (AvgIpc) is 2.17. The van der Waals surface area contributed by atoms with E-state index in [1.165, 1.54) is 0 Å². The van der Waals surface area contributed by atoms with Crippen molar-refractivity contribution in [2.75, 3.05) is 0 Å². The second kappa shape index (κ2) is 2.77. The van der Waals surface area contributed by atoms with Crippen molar-refractivity contribution < 1.29 is 4.79 Å². The Morgan fingerprint density at radius 2 is 2.50 bits per heavy atom. The molecule has 5 heteroatoms. The van der Waals surface area contributed by atoms with E-state index in [1.807, 2.05) is 0 Å². The van der Waals surface area contributed by atoms with E-state index in [1.54, 1.807) is 12.4 Å². The third-order valence-corrected chi connectivity index (χ3v) is 1.85. The van der Waals surface area contributed by atoms with E-state index in [2.05, 4.69) is 21.1 Å². The predicted molar refractivity (Wildman–Crippen MR) is 44.8 cm³/mol. The number of rotatable bonds is 1. The molecule has 0 amide bonds. The Bertz CT molecular complexity index is 292. The van der Waals surface area contributed by atoms with Gasteiger partial charge in [0.05, 0.1) is 11.9 Å². The Morgan fingerprint density at radius 3 is 3.33 bits per heavy atom. The van der Waals surface area contributed by atoms with Crippen LogP contribution in [0.3, 0.4) is 0 Å². The molecule has 1 unspecified atom stereocenters. The molecule has 2 aliphatic rings. The lowest BCUT2D eigenvalue weighted by atomic mass is 10.0. The Kier molecular flexibility index (Phi) is 1.62. The Balaban J connectivity index is 2.30. The van der Waals surface area contributed by atoms with Gasteiger partial charge in [0.1, 0.15) is 12.3 Å². The van der Waals surface area contributed by atoms with E-state index in [4.69, 9.17) is 0 Å². The maximum Gasteiger partial charge on any atom is 0.148 e. The summed E-state index contributed by atoms with van der Waals surface area (Å²) in [6, 6.07) is -0.302. The SMILES string of the molecule is O=CC1NN=CC2=C1CC=NN2. The summed E-state index contributed by atoms with van der Waals surface area (Å²) in [6.45, 7) is 0. The molecule has 0 aromatic carbocycles. The summed E-state index contributed by atoms with van der Waals surface area (Å²) < 4.78 is 0. The number of nitrogens with one attached hydrogen (secondary N) is 2. The highest BCUT2D eigenvalue weighted by atomic mass is 16.1. The van der Waals surface area contributed by atoms with Gasteiger partial charge >= 0.3 is 0 Å². The fraction of sp³-hybridized carbons (Fsp3) is 0.286. The maximum atomic E-state index is 10.6. The van der Waals surface area contributed by atoms with Gasteiger partial charge in [-0.2, -0.15) is 10.2 Å². The Hall–Kier alpha value is -1.65. The van der Waals surface area contributed by atoms with E-state index < -0.39 is 0 Å². The average molecular weight is 164 g/mol. The zero-order chi connectivity index (χ0) is 8.39. The van der Waals surface area contributed by atoms with E-state index in [0.29, 0.717) is 6.42 Å². The largest absolute Gasteiger partial charge is 0.301 e. The fourth-order valence-electron chi connectivity index (χ4n) is 1.22. The molecule has 0 saturated heterocycles. The zero-order valence-electron chi connectivity index (χ0n) is 6.32. The molecule has 1 atom stereocenters. The Labute approximate surface area is 69.2 Å². The first-order chi connectivity index (χ1) is 5.92. The van der Waals surface area contributed by atoms with Gasteiger partial charge in [-0.1, -0.05) is 0 Å². The van der Waals surface area contributed by atoms with Crippen LogP contribution in [0.5, 0.6) is 0 Å². The summed E-state index contributed by atoms with van der Waals surface area (Å²) in [4.78, 5) is 10.6. The van der Waals surface area contributed by atoms with Gasteiger partial charge < -0.3 is 4.79 Å². The molecule has 0 aromatic rings. The predicted octanol–water partition coefficient (Wildman–Crippen LogP) is -0.624. The van der Waals surface area contributed by atoms with Gasteiger partial charge in [0.25, 0.3) is 0 Å². The number of nitrogens with zero attached hydrogens (tertiary/aromatic N) is 2. The first-order valence-corrected chi connectivity index (χ1v) is 3.66. The van der Waals surface area contributed by atoms with Gasteiger partial charge in [-0.25, -0.2) is 0 Å². The molecular formula is C7H8N4O. The minimum absolute atomic E-state index is 0.302. The molecule has 0 radical (unpaired) electrons. The summed E-state index contributed by atoms with van der Waals surface area (Å²) in [7, 11) is 0. The molecule has 0 aromatic heterocycles. The van der Waals surface area contributed by atoms with Gasteiger partial charge in [-0.05, 0) is 5.57 Å². The van der Waals surface area contributed by atoms with Crippen LogP contribution in [-0.4, -0.2) is 24.8 Å². The van der Waals surface area contributed by atoms with Crippen LogP contribution in [0.1, 0.15) is 6.42 Å². The topological polar surface area (TPSA) is 65.8 Å². The van der Waals surface area contributed by atoms with Crippen molar-refractivity contribution in [2.24, 2.45) is 10.2 Å². The van der Waals surface area contributed by atoms with Crippen LogP contribution in [0.25, 0.3) is 0 Å². The Morgan fingerprint density at radius 1 is 1.58 bits per heavy atom. The minimum atomic E-state index is -0.302. The van der Waals surface area contributed by atoms with Crippen LogP contribution in [0, 0.1) is 0 Å². The number of allylic oxidation sites excluding steroid dienone is 1. The lowest BCUT2D eigenvalue weighted by molar-refractivity contribution is -0.108. The van der Waals surface area contributed by atoms with E-state index in [9.17, 15) is 4.79 Å². The molecule has 0 bridgehead atoms. The number of hydrogen-bond donors (Lipinski definition) is 2. The van der Waals surface area contributed by atoms with Crippen molar-refractivity contribution in [3.05, 3.63) is 11.3 Å². The van der Waals surface area contributed by atoms with Gasteiger partial charge in [0.15, 0.2) is 0 Å². The smallest absolute Gasteiger partial charge is 0.148 e. The van der Waals surface area contributed by atoms with Crippen molar-refractivity contribution in [1.82, 2.24) is 10.9 Å². The molecule has 12 heavy (non-hydrogen) atoms. The van der Waals surface area contributed by atoms with Crippen molar-refractivity contribution >= 4 is 18.7 Å². The fourth-order valence-corrected chi connectivity index (χ4v) is 1.22. The summed E-state index contributed by atoms with van der Waals surface area (Å²) in [5.41, 5.74) is 7.32. The van der Waals surface area contributed by atoms with E-state index in [0.717, 1.165) is 17.6 Å². The van der Waals surface area contributed by atoms with Crippen LogP contribution in [0.15, 0.2) is 21.5 Å². The lowest BCUT2D eigenvalue weighted by Crippen LogP contribution is -2.36. The van der Waals surface area contributed by atoms with Crippen LogP contribution in [0.4, 0.5) is 0 Å². The third kappa shape index (κ3) is 0.990. The van der Waals surface area contributed by atoms with Crippen molar-refractivity contribution in [1.29, 1.82) is 0 Å². The number of hydrogen-bond acceptors (Lipinski definition) is 5. The molecule has 0 spiro atoms. The minimum Gasteiger partial charge on any atom is -0.301 e. The third-order valence-electron chi connectivity index (χ3n) is 1.85. The van der Waals surface area contributed by atoms with Crippen LogP contribution in [-0.2, 0) is 4.79 Å². The molecule has 2 aliphatic heterocycles. The maximum absolute atomic E-state index is 10.6. The van der Waals surface area contributed by atoms with E-state index in [-0.39, 0.29) is 6.04 Å². The van der Waals surface area contributed by atoms with Crippen molar-refractivity contribution in [2.45, 2.75) is 12.5 Å². The highest BCUT2D eigenvalue weighted by molar-refractivity contribution is 5.86. The number of aldehydes is 1. The standard InChI is InChI=1S/C7H8N4O/c12-4-7-5-1-2-8-10-6(5)3-9-11-7/h2-4,7,10-11H,1H2. The van der Waals surface area contributed by atoms with Gasteiger partial charge in [0.2, 0.25) is 0 Å². The summed E-state index contributed by atoms with van der Waals surface area (Å²) in [5, 5.41) is 7.68. The molecule has 5 nitrogen and oxygen atoms in total. The second-order valence-electron chi connectivity index (χ2n) is 2.57. The van der Waals surface area contributed by atoms with Crippen LogP contribution < -0.4 is 10.9 Å². The number of hydrazone groups is 2. The summed E-state index contributed by atoms with van der Waals surface area (Å²) in [6.07, 6.45) is 4.90. The summed E-state index contributed by atoms with van der Waals surface area (Å²) >= 11 is 0. The first-order valence-electron chi connectivity index (χ1n) is 3.66. The quantitative estimate of drug-likeness (QED) is 0.507. The van der Waals surface area contributed by atoms with Crippen LogP contribution in [0.2, 0.25) is 0 Å². The van der Waals surface area contributed by atoms with Gasteiger partial charge in [0, 0.05) is 12.6 Å². The lowest BCUT2D eigenvalue weighted by Gasteiger charge is -2.22. The van der Waals surface area contributed by atoms with Crippen molar-refractivity contribution in [3.63, 3.8) is 0 Å². The van der Waals surface area contributed by atoms with Crippen molar-refractivity contribution in [3.8, 4) is 0 Å². The normalized spacial score (nSPS) is 25.8. The van der Waals surface area contributed by atoms with Gasteiger partial charge in [-0.3, -0.25) is 10.9 Å². The molecule has 2 rings (SSSR count). The molecule has 0 fully saturated rings. The molecule has 2 N–H and O–H groups in total. The molecule has 62 valence electrons. The summed E-state index contributed by atoms with van der Waals surface area (Å²) in [5.74, 6) is 0. The highest BCUT2D eigenvalue weighted by Crippen LogP contribution is 2.14. The monoisotopic (exact) mass is 164 g/mol. The van der Waals surface area contributed by atoms with Crippen LogP contribution >= 0.6 is 0 Å². The first kappa shape index (κ1) is 7.02. The zero-order valence-corrected chi connectivity index (χ0v) is 6.32.